The van der Waals surface area contributed by atoms with E-state index >= 15 is 0 Å². The average Bonchev–Trinajstić information content (AvgIpc) is 2.15. The van der Waals surface area contributed by atoms with Crippen molar-refractivity contribution in [3.05, 3.63) is 12.8 Å². The maximum Gasteiger partial charge on any atom is 0.0873 e. The van der Waals surface area contributed by atoms with E-state index in [2.05, 4.69) is 6.58 Å². The van der Waals surface area contributed by atoms with Crippen LogP contribution in [-0.4, -0.2) is 21.8 Å². The molecule has 13 heavy (non-hydrogen) atoms. The third kappa shape index (κ3) is 3.94. The summed E-state index contributed by atoms with van der Waals surface area (Å²) in [6.07, 6.45) is 7.05. The zero-order valence-electron chi connectivity index (χ0n) is 8.04. The highest BCUT2D eigenvalue weighted by Crippen LogP contribution is 2.19. The molecule has 0 bridgehead atoms. The Bertz CT molecular complexity index is 180. The summed E-state index contributed by atoms with van der Waals surface area (Å²) in [4.78, 5) is 0. The maximum atomic E-state index is 11.5. The van der Waals surface area contributed by atoms with Crippen molar-refractivity contribution in [1.29, 1.82) is 0 Å². The molecular formula is C10H18O2S. The van der Waals surface area contributed by atoms with Gasteiger partial charge in [0, 0.05) is 21.8 Å². The SMILES string of the molecule is C=COCCCC1CCCCS1=O. The van der Waals surface area contributed by atoms with E-state index in [1.807, 2.05) is 0 Å². The van der Waals surface area contributed by atoms with Crippen LogP contribution in [0.2, 0.25) is 0 Å². The van der Waals surface area contributed by atoms with Crippen molar-refractivity contribution in [2.75, 3.05) is 12.4 Å². The standard InChI is InChI=1S/C10H18O2S/c1-2-12-8-5-7-10-6-3-4-9-13(10)11/h2,10H,1,3-9H2. The topological polar surface area (TPSA) is 26.3 Å². The predicted octanol–water partition coefficient (Wildman–Crippen LogP) is 2.23. The molecule has 0 aromatic rings. The molecule has 1 saturated heterocycles. The molecule has 2 atom stereocenters. The lowest BCUT2D eigenvalue weighted by molar-refractivity contribution is 0.242. The van der Waals surface area contributed by atoms with Gasteiger partial charge in [0.2, 0.25) is 0 Å². The van der Waals surface area contributed by atoms with Crippen LogP contribution in [0.5, 0.6) is 0 Å². The minimum absolute atomic E-state index is 0.433. The summed E-state index contributed by atoms with van der Waals surface area (Å²) in [6, 6.07) is 0. The third-order valence-corrected chi connectivity index (χ3v) is 4.31. The number of rotatable bonds is 5. The molecule has 1 heterocycles. The molecule has 0 saturated carbocycles. The fourth-order valence-electron chi connectivity index (χ4n) is 1.67. The maximum absolute atomic E-state index is 11.5. The van der Waals surface area contributed by atoms with Gasteiger partial charge in [-0.15, -0.1) is 0 Å². The summed E-state index contributed by atoms with van der Waals surface area (Å²) >= 11 is 0. The van der Waals surface area contributed by atoms with Crippen molar-refractivity contribution < 1.29 is 8.95 Å². The van der Waals surface area contributed by atoms with Crippen molar-refractivity contribution in [1.82, 2.24) is 0 Å². The Morgan fingerprint density at radius 1 is 1.54 bits per heavy atom. The molecule has 0 spiro atoms. The van der Waals surface area contributed by atoms with Gasteiger partial charge in [-0.25, -0.2) is 0 Å². The minimum Gasteiger partial charge on any atom is -0.502 e. The first-order chi connectivity index (χ1) is 6.34. The van der Waals surface area contributed by atoms with Crippen molar-refractivity contribution in [2.45, 2.75) is 37.4 Å². The minimum atomic E-state index is -0.565. The van der Waals surface area contributed by atoms with Gasteiger partial charge < -0.3 is 4.74 Å². The lowest BCUT2D eigenvalue weighted by Crippen LogP contribution is -2.22. The Kier molecular flexibility index (Phi) is 5.13. The van der Waals surface area contributed by atoms with Crippen LogP contribution in [0.15, 0.2) is 12.8 Å². The predicted molar refractivity (Wildman–Crippen MR) is 56.0 cm³/mol. The number of hydrogen-bond acceptors (Lipinski definition) is 2. The third-order valence-electron chi connectivity index (χ3n) is 2.40. The lowest BCUT2D eigenvalue weighted by atomic mass is 10.1. The summed E-state index contributed by atoms with van der Waals surface area (Å²) in [7, 11) is -0.565. The van der Waals surface area contributed by atoms with Gasteiger partial charge in [0.05, 0.1) is 12.9 Å². The van der Waals surface area contributed by atoms with Crippen LogP contribution in [0.4, 0.5) is 0 Å². The summed E-state index contributed by atoms with van der Waals surface area (Å²) in [6.45, 7) is 4.20. The average molecular weight is 202 g/mol. The molecule has 2 nitrogen and oxygen atoms in total. The van der Waals surface area contributed by atoms with Gasteiger partial charge in [-0.1, -0.05) is 13.0 Å². The van der Waals surface area contributed by atoms with Gasteiger partial charge in [-0.3, -0.25) is 4.21 Å². The zero-order chi connectivity index (χ0) is 9.52. The van der Waals surface area contributed by atoms with Crippen LogP contribution in [-0.2, 0) is 15.5 Å². The van der Waals surface area contributed by atoms with Crippen LogP contribution in [0.1, 0.15) is 32.1 Å². The van der Waals surface area contributed by atoms with Crippen molar-refractivity contribution in [3.63, 3.8) is 0 Å². The van der Waals surface area contributed by atoms with E-state index in [1.54, 1.807) is 0 Å². The normalized spacial score (nSPS) is 28.3. The molecule has 1 fully saturated rings. The second-order valence-corrected chi connectivity index (χ2v) is 5.22. The summed E-state index contributed by atoms with van der Waals surface area (Å²) in [5, 5.41) is 0.433. The first-order valence-electron chi connectivity index (χ1n) is 4.94. The molecule has 1 aliphatic rings. The summed E-state index contributed by atoms with van der Waals surface area (Å²) < 4.78 is 16.5. The van der Waals surface area contributed by atoms with Crippen LogP contribution in [0.3, 0.4) is 0 Å². The Balaban J connectivity index is 2.11. The van der Waals surface area contributed by atoms with E-state index in [0.29, 0.717) is 5.25 Å². The summed E-state index contributed by atoms with van der Waals surface area (Å²) in [5.41, 5.74) is 0. The first-order valence-corrected chi connectivity index (χ1v) is 6.32. The van der Waals surface area contributed by atoms with Gasteiger partial charge in [-0.05, 0) is 25.7 Å². The fourth-order valence-corrected chi connectivity index (χ4v) is 3.35. The first kappa shape index (κ1) is 10.8. The molecule has 1 rings (SSSR count). The van der Waals surface area contributed by atoms with Crippen molar-refractivity contribution in [2.24, 2.45) is 0 Å². The molecule has 0 aliphatic carbocycles. The second kappa shape index (κ2) is 6.19. The van der Waals surface area contributed by atoms with Crippen molar-refractivity contribution >= 4 is 10.8 Å². The van der Waals surface area contributed by atoms with Crippen LogP contribution >= 0.6 is 0 Å². The Morgan fingerprint density at radius 2 is 2.38 bits per heavy atom. The van der Waals surface area contributed by atoms with Crippen LogP contribution in [0.25, 0.3) is 0 Å². The molecule has 0 aromatic heterocycles. The van der Waals surface area contributed by atoms with E-state index in [4.69, 9.17) is 4.74 Å². The molecular weight excluding hydrogens is 184 g/mol. The highest BCUT2D eigenvalue weighted by Gasteiger charge is 2.19. The van der Waals surface area contributed by atoms with E-state index in [0.717, 1.165) is 38.0 Å². The molecule has 2 unspecified atom stereocenters. The Morgan fingerprint density at radius 3 is 3.08 bits per heavy atom. The molecule has 0 N–H and O–H groups in total. The lowest BCUT2D eigenvalue weighted by Gasteiger charge is -2.20. The number of hydrogen-bond donors (Lipinski definition) is 0. The summed E-state index contributed by atoms with van der Waals surface area (Å²) in [5.74, 6) is 0.910. The smallest absolute Gasteiger partial charge is 0.0873 e. The highest BCUT2D eigenvalue weighted by atomic mass is 32.2. The molecule has 3 heteroatoms. The van der Waals surface area contributed by atoms with Gasteiger partial charge in [-0.2, -0.15) is 0 Å². The molecule has 76 valence electrons. The van der Waals surface area contributed by atoms with Crippen molar-refractivity contribution in [3.8, 4) is 0 Å². The van der Waals surface area contributed by atoms with Crippen LogP contribution in [0, 0.1) is 0 Å². The van der Waals surface area contributed by atoms with Gasteiger partial charge >= 0.3 is 0 Å². The van der Waals surface area contributed by atoms with E-state index < -0.39 is 10.8 Å². The van der Waals surface area contributed by atoms with Gasteiger partial charge in [0.15, 0.2) is 0 Å². The number of ether oxygens (including phenoxy) is 1. The van der Waals surface area contributed by atoms with E-state index in [1.165, 1.54) is 12.7 Å². The molecule has 0 amide bonds. The zero-order valence-corrected chi connectivity index (χ0v) is 8.85. The molecule has 0 radical (unpaired) electrons. The van der Waals surface area contributed by atoms with E-state index in [-0.39, 0.29) is 0 Å². The Hall–Kier alpha value is -0.310. The van der Waals surface area contributed by atoms with E-state index in [9.17, 15) is 4.21 Å². The van der Waals surface area contributed by atoms with Gasteiger partial charge in [0.1, 0.15) is 0 Å². The van der Waals surface area contributed by atoms with Crippen LogP contribution < -0.4 is 0 Å². The molecule has 0 aromatic carbocycles. The second-order valence-electron chi connectivity index (χ2n) is 3.38. The highest BCUT2D eigenvalue weighted by molar-refractivity contribution is 7.85. The van der Waals surface area contributed by atoms with Gasteiger partial charge in [0.25, 0.3) is 0 Å². The monoisotopic (exact) mass is 202 g/mol. The molecule has 1 aliphatic heterocycles. The fraction of sp³-hybridized carbons (Fsp3) is 0.800. The Labute approximate surface area is 82.8 Å². The quantitative estimate of drug-likeness (QED) is 0.505. The largest absolute Gasteiger partial charge is 0.502 e.